The van der Waals surface area contributed by atoms with Crippen molar-refractivity contribution in [1.82, 2.24) is 10.2 Å². The zero-order valence-corrected chi connectivity index (χ0v) is 11.1. The maximum absolute atomic E-state index is 12.0. The van der Waals surface area contributed by atoms with E-state index in [4.69, 9.17) is 4.74 Å². The first kappa shape index (κ1) is 12.0. The van der Waals surface area contributed by atoms with Crippen LogP contribution in [-0.4, -0.2) is 10.2 Å². The fourth-order valence-corrected chi connectivity index (χ4v) is 2.17. The Hall–Kier alpha value is -2.10. The third-order valence-corrected chi connectivity index (χ3v) is 3.46. The van der Waals surface area contributed by atoms with Crippen LogP contribution in [0.2, 0.25) is 0 Å². The van der Waals surface area contributed by atoms with E-state index in [1.165, 1.54) is 18.4 Å². The van der Waals surface area contributed by atoms with E-state index in [1.807, 2.05) is 19.1 Å². The van der Waals surface area contributed by atoms with Gasteiger partial charge in [-0.2, -0.15) is 0 Å². The number of hydrogen-bond donors (Lipinski definition) is 1. The molecule has 0 saturated heterocycles. The minimum atomic E-state index is -0.163. The second kappa shape index (κ2) is 4.53. The molecule has 1 heterocycles. The summed E-state index contributed by atoms with van der Waals surface area (Å²) in [7, 11) is 0. The van der Waals surface area contributed by atoms with Crippen molar-refractivity contribution < 1.29 is 4.74 Å². The van der Waals surface area contributed by atoms with Crippen LogP contribution < -0.4 is 10.2 Å². The molecule has 0 aliphatic heterocycles. The monoisotopic (exact) mass is 256 g/mol. The van der Waals surface area contributed by atoms with E-state index in [2.05, 4.69) is 16.3 Å². The second-order valence-electron chi connectivity index (χ2n) is 5.07. The predicted molar refractivity (Wildman–Crippen MR) is 72.8 cm³/mol. The van der Waals surface area contributed by atoms with Crippen molar-refractivity contribution in [3.63, 3.8) is 0 Å². The van der Waals surface area contributed by atoms with Gasteiger partial charge in [0.15, 0.2) is 0 Å². The van der Waals surface area contributed by atoms with Gasteiger partial charge in [-0.1, -0.05) is 18.2 Å². The van der Waals surface area contributed by atoms with Crippen LogP contribution in [0.15, 0.2) is 29.2 Å². The molecule has 2 aromatic rings. The molecule has 1 saturated carbocycles. The van der Waals surface area contributed by atoms with E-state index in [1.54, 1.807) is 13.1 Å². The summed E-state index contributed by atoms with van der Waals surface area (Å²) in [6.45, 7) is 3.73. The molecule has 1 N–H and O–H groups in total. The molecule has 0 radical (unpaired) electrons. The van der Waals surface area contributed by atoms with Crippen molar-refractivity contribution in [1.29, 1.82) is 0 Å². The van der Waals surface area contributed by atoms with Crippen LogP contribution in [0, 0.1) is 13.8 Å². The molecule has 0 unspecified atom stereocenters. The van der Waals surface area contributed by atoms with E-state index in [0.29, 0.717) is 11.5 Å². The standard InChI is InChI=1S/C15H16N2O2/c1-9-4-3-5-12(11-6-7-11)14(9)19-15-13(18)10(2)8-16-17-15/h3-5,8,11H,6-7H2,1-2H3,(H,16,18). The largest absolute Gasteiger partial charge is 0.434 e. The highest BCUT2D eigenvalue weighted by molar-refractivity contribution is 5.46. The lowest BCUT2D eigenvalue weighted by atomic mass is 10.1. The van der Waals surface area contributed by atoms with Crippen molar-refractivity contribution in [2.45, 2.75) is 32.6 Å². The summed E-state index contributed by atoms with van der Waals surface area (Å²) in [4.78, 5) is 12.0. The Morgan fingerprint density at radius 1 is 1.26 bits per heavy atom. The van der Waals surface area contributed by atoms with Gasteiger partial charge in [-0.3, -0.25) is 9.89 Å². The van der Waals surface area contributed by atoms with Crippen LogP contribution in [-0.2, 0) is 0 Å². The second-order valence-corrected chi connectivity index (χ2v) is 5.07. The number of rotatable bonds is 3. The number of hydrogen-bond acceptors (Lipinski definition) is 3. The smallest absolute Gasteiger partial charge is 0.285 e. The number of H-pyrrole nitrogens is 1. The van der Waals surface area contributed by atoms with Gasteiger partial charge in [0, 0.05) is 11.8 Å². The van der Waals surface area contributed by atoms with E-state index >= 15 is 0 Å². The Morgan fingerprint density at radius 3 is 2.79 bits per heavy atom. The Morgan fingerprint density at radius 2 is 2.05 bits per heavy atom. The molecule has 4 heteroatoms. The zero-order valence-electron chi connectivity index (χ0n) is 11.1. The highest BCUT2D eigenvalue weighted by Gasteiger charge is 2.28. The van der Waals surface area contributed by atoms with Gasteiger partial charge in [0.1, 0.15) is 5.75 Å². The molecular weight excluding hydrogens is 240 g/mol. The topological polar surface area (TPSA) is 55.0 Å². The summed E-state index contributed by atoms with van der Waals surface area (Å²) in [5, 5.41) is 6.64. The highest BCUT2D eigenvalue weighted by Crippen LogP contribution is 2.45. The molecule has 1 aromatic carbocycles. The molecule has 0 amide bonds. The van der Waals surface area contributed by atoms with Gasteiger partial charge in [0.25, 0.3) is 5.88 Å². The first-order chi connectivity index (χ1) is 9.16. The lowest BCUT2D eigenvalue weighted by Gasteiger charge is -2.12. The van der Waals surface area contributed by atoms with Crippen LogP contribution in [0.25, 0.3) is 0 Å². The summed E-state index contributed by atoms with van der Waals surface area (Å²) >= 11 is 0. The molecule has 3 rings (SSSR count). The Balaban J connectivity index is 2.03. The molecule has 0 spiro atoms. The van der Waals surface area contributed by atoms with Gasteiger partial charge in [0.2, 0.25) is 5.43 Å². The highest BCUT2D eigenvalue weighted by atomic mass is 16.5. The maximum Gasteiger partial charge on any atom is 0.285 e. The average molecular weight is 256 g/mol. The van der Waals surface area contributed by atoms with Gasteiger partial charge in [-0.05, 0) is 43.7 Å². The van der Waals surface area contributed by atoms with E-state index in [0.717, 1.165) is 11.3 Å². The lowest BCUT2D eigenvalue weighted by Crippen LogP contribution is -2.11. The third kappa shape index (κ3) is 2.26. The average Bonchev–Trinajstić information content (AvgIpc) is 3.21. The van der Waals surface area contributed by atoms with Gasteiger partial charge >= 0.3 is 0 Å². The molecular formula is C15H16N2O2. The fraction of sp³-hybridized carbons (Fsp3) is 0.333. The quantitative estimate of drug-likeness (QED) is 0.918. The number of benzene rings is 1. The molecule has 1 aliphatic rings. The normalized spacial score (nSPS) is 14.4. The zero-order chi connectivity index (χ0) is 13.4. The van der Waals surface area contributed by atoms with Crippen LogP contribution in [0.3, 0.4) is 0 Å². The van der Waals surface area contributed by atoms with Crippen LogP contribution >= 0.6 is 0 Å². The molecule has 0 bridgehead atoms. The van der Waals surface area contributed by atoms with Crippen LogP contribution in [0.4, 0.5) is 0 Å². The SMILES string of the molecule is Cc1cccc(C2CC2)c1Oc1n[nH]cc(C)c1=O. The summed E-state index contributed by atoms with van der Waals surface area (Å²) in [5.41, 5.74) is 2.66. The minimum absolute atomic E-state index is 0.121. The lowest BCUT2D eigenvalue weighted by molar-refractivity contribution is 0.441. The third-order valence-electron chi connectivity index (χ3n) is 3.46. The van der Waals surface area contributed by atoms with Gasteiger partial charge in [-0.25, -0.2) is 0 Å². The summed E-state index contributed by atoms with van der Waals surface area (Å²) < 4.78 is 5.80. The van der Waals surface area contributed by atoms with Crippen molar-refractivity contribution in [2.24, 2.45) is 0 Å². The minimum Gasteiger partial charge on any atom is -0.434 e. The van der Waals surface area contributed by atoms with E-state index in [-0.39, 0.29) is 11.3 Å². The molecule has 1 aliphatic carbocycles. The Kier molecular flexibility index (Phi) is 2.85. The predicted octanol–water partition coefficient (Wildman–Crippen LogP) is 3.06. The van der Waals surface area contributed by atoms with Crippen molar-refractivity contribution in [3.05, 3.63) is 51.3 Å². The van der Waals surface area contributed by atoms with Crippen molar-refractivity contribution in [2.75, 3.05) is 0 Å². The molecule has 98 valence electrons. The van der Waals surface area contributed by atoms with Gasteiger partial charge < -0.3 is 4.74 Å². The number of ether oxygens (including phenoxy) is 1. The van der Waals surface area contributed by atoms with E-state index in [9.17, 15) is 4.79 Å². The van der Waals surface area contributed by atoms with Crippen molar-refractivity contribution >= 4 is 0 Å². The van der Waals surface area contributed by atoms with Gasteiger partial charge in [-0.15, -0.1) is 5.10 Å². The number of nitrogens with one attached hydrogen (secondary N) is 1. The van der Waals surface area contributed by atoms with E-state index < -0.39 is 0 Å². The maximum atomic E-state index is 12.0. The number of aromatic nitrogens is 2. The van der Waals surface area contributed by atoms with Crippen LogP contribution in [0.1, 0.15) is 35.4 Å². The Labute approximate surface area is 111 Å². The first-order valence-electron chi connectivity index (χ1n) is 6.49. The molecule has 19 heavy (non-hydrogen) atoms. The van der Waals surface area contributed by atoms with Gasteiger partial charge in [0.05, 0.1) is 0 Å². The first-order valence-corrected chi connectivity index (χ1v) is 6.49. The summed E-state index contributed by atoms with van der Waals surface area (Å²) in [6.07, 6.45) is 3.96. The summed E-state index contributed by atoms with van der Waals surface area (Å²) in [5.74, 6) is 1.48. The Bertz CT molecular complexity index is 672. The number of aromatic amines is 1. The molecule has 4 nitrogen and oxygen atoms in total. The number of nitrogens with zero attached hydrogens (tertiary/aromatic N) is 1. The molecule has 1 fully saturated rings. The molecule has 1 aromatic heterocycles. The molecule has 0 atom stereocenters. The van der Waals surface area contributed by atoms with Crippen molar-refractivity contribution in [3.8, 4) is 11.6 Å². The van der Waals surface area contributed by atoms with Crippen LogP contribution in [0.5, 0.6) is 11.6 Å². The number of aryl methyl sites for hydroxylation is 2. The number of para-hydroxylation sites is 1. The fourth-order valence-electron chi connectivity index (χ4n) is 2.17. The summed E-state index contributed by atoms with van der Waals surface area (Å²) in [6, 6.07) is 6.10.